The molecule has 1 aromatic rings. The molecule has 0 heterocycles. The highest BCUT2D eigenvalue weighted by Gasteiger charge is 2.59. The van der Waals surface area contributed by atoms with Crippen molar-refractivity contribution in [3.05, 3.63) is 17.7 Å². The Morgan fingerprint density at radius 3 is 2.12 bits per heavy atom. The maximum atomic E-state index is 5.38. The average molecular weight is 344 g/mol. The fourth-order valence-corrected chi connectivity index (χ4v) is 4.42. The smallest absolute Gasteiger partial charge is 0.203 e. The lowest BCUT2D eigenvalue weighted by molar-refractivity contribution is 0.194. The number of hydrogen-bond acceptors (Lipinski definition) is 5. The second kappa shape index (κ2) is 6.36. The van der Waals surface area contributed by atoms with Gasteiger partial charge in [-0.25, -0.2) is 0 Å². The van der Waals surface area contributed by atoms with Crippen LogP contribution in [0, 0.1) is 16.7 Å². The van der Waals surface area contributed by atoms with Gasteiger partial charge in [0.15, 0.2) is 11.5 Å². The molecule has 5 heteroatoms. The summed E-state index contributed by atoms with van der Waals surface area (Å²) in [5.41, 5.74) is 2.59. The van der Waals surface area contributed by atoms with Gasteiger partial charge in [-0.15, -0.1) is 0 Å². The van der Waals surface area contributed by atoms with E-state index in [1.807, 2.05) is 12.1 Å². The zero-order valence-corrected chi connectivity index (χ0v) is 16.0. The highest BCUT2D eigenvalue weighted by Crippen LogP contribution is 2.64. The van der Waals surface area contributed by atoms with Gasteiger partial charge in [-0.05, 0) is 42.7 Å². The Labute approximate surface area is 150 Å². The van der Waals surface area contributed by atoms with Crippen molar-refractivity contribution < 1.29 is 14.2 Å². The van der Waals surface area contributed by atoms with Crippen molar-refractivity contribution in [2.75, 3.05) is 21.3 Å². The van der Waals surface area contributed by atoms with Crippen molar-refractivity contribution in [3.8, 4) is 17.2 Å². The molecule has 2 bridgehead atoms. The van der Waals surface area contributed by atoms with Crippen molar-refractivity contribution in [2.45, 2.75) is 40.0 Å². The van der Waals surface area contributed by atoms with Crippen LogP contribution in [0.1, 0.15) is 45.6 Å². The Morgan fingerprint density at radius 1 is 1.04 bits per heavy atom. The van der Waals surface area contributed by atoms with E-state index in [9.17, 15) is 0 Å². The number of methoxy groups -OCH3 is 3. The van der Waals surface area contributed by atoms with Gasteiger partial charge in [0.2, 0.25) is 5.75 Å². The van der Waals surface area contributed by atoms with Gasteiger partial charge in [-0.3, -0.25) is 0 Å². The van der Waals surface area contributed by atoms with Gasteiger partial charge in [-0.2, -0.15) is 10.2 Å². The average Bonchev–Trinajstić information content (AvgIpc) is 2.94. The lowest BCUT2D eigenvalue weighted by atomic mass is 9.70. The lowest BCUT2D eigenvalue weighted by Gasteiger charge is -2.34. The molecule has 136 valence electrons. The van der Waals surface area contributed by atoms with Crippen LogP contribution in [0.4, 0.5) is 0 Å². The molecule has 2 unspecified atom stereocenters. The van der Waals surface area contributed by atoms with Crippen LogP contribution in [0.15, 0.2) is 22.3 Å². The fourth-order valence-electron chi connectivity index (χ4n) is 4.42. The standard InChI is InChI=1S/C20H28N2O3/c1-19(2)14-7-8-20(19,3)17(11-14)22-21-12-13-9-15(23-4)18(25-6)16(10-13)24-5/h9-10,12,14H,7-8,11H2,1-6H3/b21-12+,22-17-. The van der Waals surface area contributed by atoms with Gasteiger partial charge >= 0.3 is 0 Å². The first-order valence-corrected chi connectivity index (χ1v) is 8.77. The molecule has 0 amide bonds. The Hall–Kier alpha value is -2.04. The Kier molecular flexibility index (Phi) is 4.52. The van der Waals surface area contributed by atoms with Crippen LogP contribution in [0.25, 0.3) is 0 Å². The molecule has 3 rings (SSSR count). The second-order valence-corrected chi connectivity index (χ2v) is 7.74. The number of nitrogens with zero attached hydrogens (tertiary/aromatic N) is 2. The van der Waals surface area contributed by atoms with Crippen LogP contribution in [-0.4, -0.2) is 33.3 Å². The maximum absolute atomic E-state index is 5.38. The molecule has 25 heavy (non-hydrogen) atoms. The summed E-state index contributed by atoms with van der Waals surface area (Å²) in [5, 5.41) is 8.97. The molecule has 2 aliphatic rings. The predicted octanol–water partition coefficient (Wildman–Crippen LogP) is 4.33. The first-order chi connectivity index (χ1) is 11.9. The number of ether oxygens (including phenoxy) is 3. The zero-order chi connectivity index (χ0) is 18.2. The Morgan fingerprint density at radius 2 is 1.68 bits per heavy atom. The highest BCUT2D eigenvalue weighted by molar-refractivity contribution is 5.94. The van der Waals surface area contributed by atoms with Gasteiger partial charge in [0, 0.05) is 16.7 Å². The van der Waals surface area contributed by atoms with Crippen LogP contribution < -0.4 is 14.2 Å². The third-order valence-corrected chi connectivity index (χ3v) is 6.58. The van der Waals surface area contributed by atoms with E-state index in [-0.39, 0.29) is 5.41 Å². The summed E-state index contributed by atoms with van der Waals surface area (Å²) in [6.45, 7) is 7.08. The van der Waals surface area contributed by atoms with Crippen molar-refractivity contribution in [3.63, 3.8) is 0 Å². The normalized spacial score (nSPS) is 28.7. The molecular weight excluding hydrogens is 316 g/mol. The monoisotopic (exact) mass is 344 g/mol. The van der Waals surface area contributed by atoms with Crippen molar-refractivity contribution >= 4 is 11.9 Å². The molecule has 0 spiro atoms. The molecule has 2 saturated carbocycles. The molecule has 1 aromatic carbocycles. The van der Waals surface area contributed by atoms with E-state index in [1.54, 1.807) is 27.5 Å². The number of fused-ring (bicyclic) bond motifs is 2. The van der Waals surface area contributed by atoms with E-state index in [0.29, 0.717) is 22.7 Å². The van der Waals surface area contributed by atoms with Crippen LogP contribution in [0.3, 0.4) is 0 Å². The number of rotatable bonds is 5. The first kappa shape index (κ1) is 17.8. The quantitative estimate of drug-likeness (QED) is 0.590. The van der Waals surface area contributed by atoms with Gasteiger partial charge in [0.1, 0.15) is 0 Å². The van der Waals surface area contributed by atoms with E-state index < -0.39 is 0 Å². The molecule has 2 atom stereocenters. The van der Waals surface area contributed by atoms with Gasteiger partial charge in [-0.1, -0.05) is 20.8 Å². The van der Waals surface area contributed by atoms with E-state index in [2.05, 4.69) is 31.0 Å². The third-order valence-electron chi connectivity index (χ3n) is 6.58. The van der Waals surface area contributed by atoms with Gasteiger partial charge < -0.3 is 14.2 Å². The number of benzene rings is 1. The van der Waals surface area contributed by atoms with Crippen molar-refractivity contribution in [1.29, 1.82) is 0 Å². The molecule has 0 aromatic heterocycles. The van der Waals surface area contributed by atoms with E-state index in [0.717, 1.165) is 17.9 Å². The minimum Gasteiger partial charge on any atom is -0.493 e. The highest BCUT2D eigenvalue weighted by atomic mass is 16.5. The molecule has 5 nitrogen and oxygen atoms in total. The summed E-state index contributed by atoms with van der Waals surface area (Å²) in [4.78, 5) is 0. The van der Waals surface area contributed by atoms with E-state index >= 15 is 0 Å². The molecular formula is C20H28N2O3. The third kappa shape index (κ3) is 2.70. The summed E-state index contributed by atoms with van der Waals surface area (Å²) < 4.78 is 16.1. The number of hydrogen-bond donors (Lipinski definition) is 0. The molecule has 0 radical (unpaired) electrons. The molecule has 0 aliphatic heterocycles. The second-order valence-electron chi connectivity index (χ2n) is 7.74. The van der Waals surface area contributed by atoms with E-state index in [1.165, 1.54) is 18.6 Å². The molecule has 2 aliphatic carbocycles. The minimum atomic E-state index is 0.171. The topological polar surface area (TPSA) is 52.4 Å². The molecule has 2 fully saturated rings. The SMILES string of the molecule is COc1cc(/C=N/N=C2/CC3CCC2(C)C3(C)C)cc(OC)c1OC. The molecule has 0 saturated heterocycles. The lowest BCUT2D eigenvalue weighted by Crippen LogP contribution is -2.32. The van der Waals surface area contributed by atoms with E-state index in [4.69, 9.17) is 14.2 Å². The summed E-state index contributed by atoms with van der Waals surface area (Å²) in [6, 6.07) is 3.75. The first-order valence-electron chi connectivity index (χ1n) is 8.77. The summed E-state index contributed by atoms with van der Waals surface area (Å²) in [7, 11) is 4.81. The van der Waals surface area contributed by atoms with Gasteiger partial charge in [0.25, 0.3) is 0 Å². The van der Waals surface area contributed by atoms with Gasteiger partial charge in [0.05, 0.1) is 27.5 Å². The largest absolute Gasteiger partial charge is 0.493 e. The van der Waals surface area contributed by atoms with Crippen molar-refractivity contribution in [2.24, 2.45) is 27.0 Å². The zero-order valence-electron chi connectivity index (χ0n) is 16.0. The summed E-state index contributed by atoms with van der Waals surface area (Å²) in [6.07, 6.45) is 5.33. The Balaban J connectivity index is 1.86. The minimum absolute atomic E-state index is 0.171. The predicted molar refractivity (Wildman–Crippen MR) is 100 cm³/mol. The molecule has 0 N–H and O–H groups in total. The Bertz CT molecular complexity index is 699. The van der Waals surface area contributed by atoms with Crippen LogP contribution in [0.2, 0.25) is 0 Å². The fraction of sp³-hybridized carbons (Fsp3) is 0.600. The van der Waals surface area contributed by atoms with Crippen LogP contribution >= 0.6 is 0 Å². The van der Waals surface area contributed by atoms with Crippen LogP contribution in [-0.2, 0) is 0 Å². The van der Waals surface area contributed by atoms with Crippen molar-refractivity contribution in [1.82, 2.24) is 0 Å². The summed E-state index contributed by atoms with van der Waals surface area (Å²) in [5.74, 6) is 2.54. The maximum Gasteiger partial charge on any atom is 0.203 e. The van der Waals surface area contributed by atoms with Crippen LogP contribution in [0.5, 0.6) is 17.2 Å². The summed E-state index contributed by atoms with van der Waals surface area (Å²) >= 11 is 0.